The molecule has 2 fully saturated rings. The van der Waals surface area contributed by atoms with Gasteiger partial charge in [-0.25, -0.2) is 9.59 Å². The van der Waals surface area contributed by atoms with E-state index in [2.05, 4.69) is 81.2 Å². The topological polar surface area (TPSA) is 160 Å². The molecule has 2 aliphatic heterocycles. The van der Waals surface area contributed by atoms with E-state index in [0.29, 0.717) is 36.1 Å². The molecule has 1 N–H and O–H groups in total. The Balaban J connectivity index is 1.09. The van der Waals surface area contributed by atoms with Crippen LogP contribution in [0.3, 0.4) is 0 Å². The summed E-state index contributed by atoms with van der Waals surface area (Å²) in [6, 6.07) is 23.8. The summed E-state index contributed by atoms with van der Waals surface area (Å²) in [6.07, 6.45) is -2.03. The number of benzene rings is 3. The van der Waals surface area contributed by atoms with Crippen molar-refractivity contribution in [3.8, 4) is 11.1 Å². The highest BCUT2D eigenvalue weighted by atomic mass is 28.4. The highest BCUT2D eigenvalue weighted by Gasteiger charge is 2.56. The summed E-state index contributed by atoms with van der Waals surface area (Å²) < 4.78 is 44.0. The number of fused-ring (bicyclic) bond motifs is 4. The van der Waals surface area contributed by atoms with E-state index < -0.39 is 62.9 Å². The van der Waals surface area contributed by atoms with Crippen LogP contribution in [0.2, 0.25) is 16.6 Å². The van der Waals surface area contributed by atoms with Crippen LogP contribution in [-0.4, -0.2) is 82.7 Å². The van der Waals surface area contributed by atoms with Crippen molar-refractivity contribution in [1.82, 2.24) is 5.32 Å². The van der Waals surface area contributed by atoms with E-state index in [9.17, 15) is 15.1 Å². The van der Waals surface area contributed by atoms with Gasteiger partial charge >= 0.3 is 12.1 Å². The van der Waals surface area contributed by atoms with Crippen LogP contribution in [0.5, 0.6) is 0 Å². The van der Waals surface area contributed by atoms with E-state index >= 15 is 0 Å². The summed E-state index contributed by atoms with van der Waals surface area (Å²) in [7, 11) is -2.26. The Kier molecular flexibility index (Phi) is 15.1. The molecule has 324 valence electrons. The molecule has 13 nitrogen and oxygen atoms in total. The Morgan fingerprint density at radius 2 is 1.42 bits per heavy atom. The normalized spacial score (nSPS) is 22.5. The van der Waals surface area contributed by atoms with Crippen LogP contribution >= 0.6 is 0 Å². The van der Waals surface area contributed by atoms with Gasteiger partial charge in [0, 0.05) is 17.4 Å². The van der Waals surface area contributed by atoms with E-state index in [-0.39, 0.29) is 32.2 Å². The SMILES string of the molecule is CC(C)[Si](OC[C@H]1O[C@H](OCCCC[C@H](NC(=O)OCC2c3ccccc3-c3ccccc32)C(=O)OCc2ccccc2)[C@H](N=[N+]=[N-])[C@H]2OC(C)(C)O[C@H]21)(C(C)C)C(C)C. The van der Waals surface area contributed by atoms with E-state index in [0.717, 1.165) is 27.8 Å². The molecule has 0 aromatic heterocycles. The molecule has 60 heavy (non-hydrogen) atoms. The monoisotopic (exact) mass is 842 g/mol. The Morgan fingerprint density at radius 1 is 0.817 bits per heavy atom. The molecule has 0 radical (unpaired) electrons. The number of hydrogen-bond acceptors (Lipinski definition) is 10. The van der Waals surface area contributed by atoms with E-state index in [4.69, 9.17) is 32.8 Å². The average molecular weight is 843 g/mol. The van der Waals surface area contributed by atoms with Crippen molar-refractivity contribution in [2.75, 3.05) is 19.8 Å². The minimum absolute atomic E-state index is 0.0657. The molecule has 0 bridgehead atoms. The van der Waals surface area contributed by atoms with Crippen molar-refractivity contribution < 1.29 is 42.4 Å². The number of carbonyl (C=O) groups is 2. The quantitative estimate of drug-likeness (QED) is 0.0310. The van der Waals surface area contributed by atoms with Gasteiger partial charge in [-0.05, 0) is 83.1 Å². The van der Waals surface area contributed by atoms with Crippen molar-refractivity contribution in [3.05, 3.63) is 106 Å². The highest BCUT2D eigenvalue weighted by Crippen LogP contribution is 2.46. The van der Waals surface area contributed by atoms with Crippen LogP contribution in [0.15, 0.2) is 84.0 Å². The van der Waals surface area contributed by atoms with Gasteiger partial charge in [0.15, 0.2) is 20.4 Å². The lowest BCUT2D eigenvalue weighted by atomic mass is 9.98. The Labute approximate surface area is 355 Å². The second-order valence-electron chi connectivity index (χ2n) is 17.4. The summed E-state index contributed by atoms with van der Waals surface area (Å²) in [5.41, 5.74) is 16.0. The standard InChI is InChI=1S/C46H62N4O9Si/c1-29(2)60(30(3)4,31(5)6)56-28-39-41-42(59-46(7,8)58-41)40(49-50-47)44(57-39)53-25-17-16-24-38(43(51)54-26-32-18-10-9-11-19-32)48-45(52)55-27-37-35-22-14-12-20-33(35)34-21-13-15-23-36(34)37/h9-15,18-23,29-31,37-42,44H,16-17,24-28H2,1-8H3,(H,48,52)/t38-,39+,40+,41-,42+,44-/m0/s1. The minimum Gasteiger partial charge on any atom is -0.459 e. The molecule has 6 atom stereocenters. The lowest BCUT2D eigenvalue weighted by Gasteiger charge is -2.45. The van der Waals surface area contributed by atoms with Crippen LogP contribution in [0.1, 0.15) is 97.3 Å². The predicted molar refractivity (Wildman–Crippen MR) is 230 cm³/mol. The number of amides is 1. The Hall–Kier alpha value is -4.27. The summed E-state index contributed by atoms with van der Waals surface area (Å²) in [5, 5.41) is 6.85. The third-order valence-corrected chi connectivity index (χ3v) is 18.2. The number of carbonyl (C=O) groups excluding carboxylic acids is 2. The molecular weight excluding hydrogens is 781 g/mol. The Morgan fingerprint density at radius 3 is 2.03 bits per heavy atom. The lowest BCUT2D eigenvalue weighted by molar-refractivity contribution is -0.245. The van der Waals surface area contributed by atoms with Crippen molar-refractivity contribution in [2.24, 2.45) is 5.11 Å². The molecular formula is C46H62N4O9Si. The van der Waals surface area contributed by atoms with E-state index in [1.807, 2.05) is 68.4 Å². The molecule has 6 rings (SSSR count). The first-order valence-corrected chi connectivity index (χ1v) is 23.5. The maximum absolute atomic E-state index is 13.5. The molecule has 3 aromatic carbocycles. The van der Waals surface area contributed by atoms with Crippen LogP contribution in [0.25, 0.3) is 21.6 Å². The number of alkyl carbamates (subject to hydrolysis) is 1. The molecule has 3 aromatic rings. The molecule has 2 heterocycles. The molecule has 0 unspecified atom stereocenters. The van der Waals surface area contributed by atoms with Gasteiger partial charge in [0.2, 0.25) is 0 Å². The first kappa shape index (κ1) is 45.3. The van der Waals surface area contributed by atoms with Gasteiger partial charge in [0.1, 0.15) is 43.6 Å². The summed E-state index contributed by atoms with van der Waals surface area (Å²) in [6.45, 7) is 17.8. The van der Waals surface area contributed by atoms with Crippen LogP contribution < -0.4 is 5.32 Å². The van der Waals surface area contributed by atoms with Gasteiger partial charge in [-0.15, -0.1) is 0 Å². The zero-order chi connectivity index (χ0) is 43.0. The fourth-order valence-electron chi connectivity index (χ4n) is 9.54. The van der Waals surface area contributed by atoms with E-state index in [1.165, 1.54) is 0 Å². The largest absolute Gasteiger partial charge is 0.459 e. The highest BCUT2D eigenvalue weighted by molar-refractivity contribution is 6.77. The predicted octanol–water partition coefficient (Wildman–Crippen LogP) is 9.94. The molecule has 1 aliphatic carbocycles. The number of esters is 1. The van der Waals surface area contributed by atoms with Gasteiger partial charge in [-0.2, -0.15) is 0 Å². The van der Waals surface area contributed by atoms with Gasteiger partial charge in [0.25, 0.3) is 0 Å². The van der Waals surface area contributed by atoms with E-state index in [1.54, 1.807) is 0 Å². The van der Waals surface area contributed by atoms with Crippen LogP contribution in [-0.2, 0) is 44.2 Å². The molecule has 1 amide bonds. The third kappa shape index (κ3) is 10.2. The maximum atomic E-state index is 13.5. The molecule has 3 aliphatic rings. The van der Waals surface area contributed by atoms with Gasteiger partial charge in [-0.3, -0.25) is 0 Å². The number of rotatable bonds is 19. The zero-order valence-electron chi connectivity index (χ0n) is 36.2. The molecule has 14 heteroatoms. The second kappa shape index (κ2) is 20.1. The molecule has 0 spiro atoms. The van der Waals surface area contributed by atoms with Crippen LogP contribution in [0, 0.1) is 0 Å². The summed E-state index contributed by atoms with van der Waals surface area (Å²) in [4.78, 5) is 30.0. The first-order valence-electron chi connectivity index (χ1n) is 21.4. The smallest absolute Gasteiger partial charge is 0.407 e. The molecule has 2 saturated heterocycles. The fraction of sp³-hybridized carbons (Fsp3) is 0.565. The van der Waals surface area contributed by atoms with Crippen molar-refractivity contribution in [1.29, 1.82) is 0 Å². The maximum Gasteiger partial charge on any atom is 0.407 e. The van der Waals surface area contributed by atoms with Gasteiger partial charge in [0.05, 0.1) is 6.61 Å². The number of nitrogens with one attached hydrogen (secondary N) is 1. The minimum atomic E-state index is -2.26. The van der Waals surface area contributed by atoms with Crippen LogP contribution in [0.4, 0.5) is 4.79 Å². The average Bonchev–Trinajstić information content (AvgIpc) is 3.73. The first-order chi connectivity index (χ1) is 28.8. The fourth-order valence-corrected chi connectivity index (χ4v) is 15.0. The molecule has 0 saturated carbocycles. The number of ether oxygens (including phenoxy) is 6. The Bertz CT molecular complexity index is 1890. The second-order valence-corrected chi connectivity index (χ2v) is 22.9. The zero-order valence-corrected chi connectivity index (χ0v) is 37.2. The summed E-state index contributed by atoms with van der Waals surface area (Å²) in [5.74, 6) is -1.62. The third-order valence-electron chi connectivity index (χ3n) is 12.2. The number of azide groups is 1. The van der Waals surface area contributed by atoms with Gasteiger partial charge < -0.3 is 38.2 Å². The van der Waals surface area contributed by atoms with Crippen molar-refractivity contribution >= 4 is 20.4 Å². The number of hydrogen-bond donors (Lipinski definition) is 1. The van der Waals surface area contributed by atoms with Gasteiger partial charge in [-0.1, -0.05) is 126 Å². The van der Waals surface area contributed by atoms with Crippen molar-refractivity contribution in [3.63, 3.8) is 0 Å². The lowest BCUT2D eigenvalue weighted by Crippen LogP contribution is -2.59. The van der Waals surface area contributed by atoms with Crippen molar-refractivity contribution in [2.45, 2.75) is 146 Å². The number of nitrogens with zero attached hydrogens (tertiary/aromatic N) is 3. The number of unbranched alkanes of at least 4 members (excludes halogenated alkanes) is 1. The summed E-state index contributed by atoms with van der Waals surface area (Å²) >= 11 is 0.